The number of carboxylic acid groups (broad SMARTS) is 2. The number of rotatable bonds is 17. The number of hydrogen-bond donors (Lipinski definition) is 8. The smallest absolute Gasteiger partial charge is 0.326 e. The summed E-state index contributed by atoms with van der Waals surface area (Å²) in [7, 11) is 0. The summed E-state index contributed by atoms with van der Waals surface area (Å²) < 4.78 is 0. The number of nitrogens with zero attached hydrogens (tertiary/aromatic N) is 1. The minimum Gasteiger partial charge on any atom is -0.481 e. The third-order valence-corrected chi connectivity index (χ3v) is 5.71. The molecule has 37 heavy (non-hydrogen) atoms. The van der Waals surface area contributed by atoms with Crippen LogP contribution in [0, 0.1) is 5.92 Å². The van der Waals surface area contributed by atoms with Crippen molar-refractivity contribution < 1.29 is 39.0 Å². The van der Waals surface area contributed by atoms with Gasteiger partial charge >= 0.3 is 11.9 Å². The maximum atomic E-state index is 13.1. The zero-order valence-electron chi connectivity index (χ0n) is 20.7. The molecule has 10 N–H and O–H groups in total. The van der Waals surface area contributed by atoms with E-state index in [0.29, 0.717) is 12.1 Å². The Kier molecular flexibility index (Phi) is 12.7. The minimum absolute atomic E-state index is 0.0601. The Morgan fingerprint density at radius 1 is 0.973 bits per heavy atom. The fraction of sp³-hybridized carbons (Fsp3) is 0.591. The number of hydrogen-bond acceptors (Lipinski definition) is 8. The van der Waals surface area contributed by atoms with Crippen LogP contribution in [0.15, 0.2) is 12.5 Å². The van der Waals surface area contributed by atoms with Gasteiger partial charge < -0.3 is 42.6 Å². The van der Waals surface area contributed by atoms with Crippen LogP contribution in [0.4, 0.5) is 0 Å². The molecule has 4 amide bonds. The number of primary amides is 1. The monoisotopic (exact) mass is 525 g/mol. The molecular formula is C22H35N7O8. The molecule has 0 aliphatic rings. The summed E-state index contributed by atoms with van der Waals surface area (Å²) in [4.78, 5) is 78.9. The molecule has 15 heteroatoms. The third kappa shape index (κ3) is 11.1. The number of amides is 4. The van der Waals surface area contributed by atoms with Crippen molar-refractivity contribution in [1.29, 1.82) is 0 Å². The van der Waals surface area contributed by atoms with Crippen molar-refractivity contribution in [3.63, 3.8) is 0 Å². The summed E-state index contributed by atoms with van der Waals surface area (Å²) in [6.45, 7) is 3.37. The lowest BCUT2D eigenvalue weighted by atomic mass is 9.98. The summed E-state index contributed by atoms with van der Waals surface area (Å²) in [6.07, 6.45) is 2.10. The molecule has 1 rings (SSSR count). The maximum Gasteiger partial charge on any atom is 0.326 e. The standard InChI is InChI=1S/C22H35N7O8/c1-3-11(2)18(22(36)37)29-20(34)14(5-7-17(31)32)27-21(35)15(8-12-9-25-10-26-12)28-19(33)13(23)4-6-16(24)30/h9-11,13-15,18H,3-8,23H2,1-2H3,(H2,24,30)(H,25,26)(H,27,35)(H,28,33)(H,29,34)(H,31,32)(H,36,37). The largest absolute Gasteiger partial charge is 0.481 e. The lowest BCUT2D eigenvalue weighted by Crippen LogP contribution is -2.58. The van der Waals surface area contributed by atoms with Gasteiger partial charge in [-0.05, 0) is 18.8 Å². The fourth-order valence-electron chi connectivity index (χ4n) is 3.28. The van der Waals surface area contributed by atoms with E-state index in [1.165, 1.54) is 12.5 Å². The average Bonchev–Trinajstić information content (AvgIpc) is 3.34. The van der Waals surface area contributed by atoms with Crippen LogP contribution in [0.25, 0.3) is 0 Å². The van der Waals surface area contributed by atoms with Crippen molar-refractivity contribution in [2.45, 2.75) is 76.5 Å². The van der Waals surface area contributed by atoms with Gasteiger partial charge in [-0.3, -0.25) is 24.0 Å². The second kappa shape index (κ2) is 15.2. The normalized spacial score (nSPS) is 14.9. The molecule has 0 saturated carbocycles. The van der Waals surface area contributed by atoms with E-state index in [2.05, 4.69) is 25.9 Å². The summed E-state index contributed by atoms with van der Waals surface area (Å²) >= 11 is 0. The molecular weight excluding hydrogens is 490 g/mol. The van der Waals surface area contributed by atoms with Crippen molar-refractivity contribution >= 4 is 35.6 Å². The van der Waals surface area contributed by atoms with Crippen molar-refractivity contribution in [3.05, 3.63) is 18.2 Å². The van der Waals surface area contributed by atoms with Crippen LogP contribution < -0.4 is 27.4 Å². The van der Waals surface area contributed by atoms with Crippen LogP contribution >= 0.6 is 0 Å². The van der Waals surface area contributed by atoms with E-state index in [1.54, 1.807) is 13.8 Å². The predicted octanol–water partition coefficient (Wildman–Crippen LogP) is -2.01. The Hall–Kier alpha value is -4.01. The van der Waals surface area contributed by atoms with E-state index in [4.69, 9.17) is 16.6 Å². The number of carboxylic acids is 2. The van der Waals surface area contributed by atoms with Gasteiger partial charge in [0, 0.05) is 31.2 Å². The Bertz CT molecular complexity index is 953. The number of aromatic nitrogens is 2. The second-order valence-electron chi connectivity index (χ2n) is 8.66. The van der Waals surface area contributed by atoms with Crippen LogP contribution in [0.2, 0.25) is 0 Å². The van der Waals surface area contributed by atoms with Gasteiger partial charge in [0.1, 0.15) is 18.1 Å². The molecule has 0 bridgehead atoms. The highest BCUT2D eigenvalue weighted by Gasteiger charge is 2.32. The molecule has 0 fully saturated rings. The molecule has 0 spiro atoms. The van der Waals surface area contributed by atoms with Gasteiger partial charge in [-0.15, -0.1) is 0 Å². The number of aliphatic carboxylic acids is 2. The Labute approximate surface area is 213 Å². The highest BCUT2D eigenvalue weighted by molar-refractivity contribution is 5.94. The molecule has 1 heterocycles. The molecule has 1 aromatic rings. The summed E-state index contributed by atoms with van der Waals surface area (Å²) in [5.41, 5.74) is 11.3. The molecule has 5 atom stereocenters. The van der Waals surface area contributed by atoms with Crippen LogP contribution in [-0.2, 0) is 35.2 Å². The van der Waals surface area contributed by atoms with E-state index >= 15 is 0 Å². The van der Waals surface area contributed by atoms with Crippen LogP contribution in [0.5, 0.6) is 0 Å². The number of carbonyl (C=O) groups excluding carboxylic acids is 4. The lowest BCUT2D eigenvalue weighted by Gasteiger charge is -2.26. The molecule has 0 aliphatic heterocycles. The van der Waals surface area contributed by atoms with Gasteiger partial charge in [0.05, 0.1) is 12.4 Å². The highest BCUT2D eigenvalue weighted by Crippen LogP contribution is 2.10. The Morgan fingerprint density at radius 3 is 2.11 bits per heavy atom. The minimum atomic E-state index is -1.40. The molecule has 0 aliphatic carbocycles. The van der Waals surface area contributed by atoms with Crippen molar-refractivity contribution in [2.75, 3.05) is 0 Å². The number of aromatic amines is 1. The molecule has 5 unspecified atom stereocenters. The zero-order valence-corrected chi connectivity index (χ0v) is 20.7. The fourth-order valence-corrected chi connectivity index (χ4v) is 3.28. The number of carbonyl (C=O) groups is 6. The SMILES string of the molecule is CCC(C)C(NC(=O)C(CCC(=O)O)NC(=O)C(Cc1cnc[nH]1)NC(=O)C(N)CCC(N)=O)C(=O)O. The molecule has 0 aromatic carbocycles. The number of nitrogens with two attached hydrogens (primary N) is 2. The zero-order chi connectivity index (χ0) is 28.1. The van der Waals surface area contributed by atoms with E-state index in [9.17, 15) is 33.9 Å². The second-order valence-corrected chi connectivity index (χ2v) is 8.66. The first kappa shape index (κ1) is 31.0. The molecule has 0 saturated heterocycles. The van der Waals surface area contributed by atoms with E-state index in [0.717, 1.165) is 0 Å². The maximum absolute atomic E-state index is 13.1. The van der Waals surface area contributed by atoms with Gasteiger partial charge in [0.25, 0.3) is 0 Å². The quantitative estimate of drug-likeness (QED) is 0.111. The van der Waals surface area contributed by atoms with Gasteiger partial charge in [-0.25, -0.2) is 9.78 Å². The van der Waals surface area contributed by atoms with Gasteiger partial charge in [0.15, 0.2) is 0 Å². The number of H-pyrrole nitrogens is 1. The lowest BCUT2D eigenvalue weighted by molar-refractivity contribution is -0.144. The summed E-state index contributed by atoms with van der Waals surface area (Å²) in [5.74, 6) is -6.08. The first-order valence-electron chi connectivity index (χ1n) is 11.7. The topological polar surface area (TPSA) is 260 Å². The van der Waals surface area contributed by atoms with E-state index < -0.39 is 72.1 Å². The third-order valence-electron chi connectivity index (χ3n) is 5.71. The van der Waals surface area contributed by atoms with E-state index in [-0.39, 0.29) is 25.7 Å². The van der Waals surface area contributed by atoms with Crippen LogP contribution in [-0.4, -0.2) is 79.9 Å². The van der Waals surface area contributed by atoms with Crippen LogP contribution in [0.1, 0.15) is 51.6 Å². The Morgan fingerprint density at radius 2 is 1.59 bits per heavy atom. The Balaban J connectivity index is 3.09. The predicted molar refractivity (Wildman–Crippen MR) is 128 cm³/mol. The molecule has 15 nitrogen and oxygen atoms in total. The van der Waals surface area contributed by atoms with Crippen molar-refractivity contribution in [3.8, 4) is 0 Å². The van der Waals surface area contributed by atoms with E-state index in [1.807, 2.05) is 0 Å². The number of imidazole rings is 1. The van der Waals surface area contributed by atoms with Crippen molar-refractivity contribution in [2.24, 2.45) is 17.4 Å². The van der Waals surface area contributed by atoms with Crippen LogP contribution in [0.3, 0.4) is 0 Å². The summed E-state index contributed by atoms with van der Waals surface area (Å²) in [5, 5.41) is 25.8. The van der Waals surface area contributed by atoms with Gasteiger partial charge in [-0.2, -0.15) is 0 Å². The highest BCUT2D eigenvalue weighted by atomic mass is 16.4. The van der Waals surface area contributed by atoms with Gasteiger partial charge in [0.2, 0.25) is 23.6 Å². The molecule has 1 aromatic heterocycles. The first-order chi connectivity index (χ1) is 17.3. The first-order valence-corrected chi connectivity index (χ1v) is 11.7. The molecule has 206 valence electrons. The molecule has 0 radical (unpaired) electrons. The van der Waals surface area contributed by atoms with Crippen molar-refractivity contribution in [1.82, 2.24) is 25.9 Å². The number of nitrogens with one attached hydrogen (secondary N) is 4. The van der Waals surface area contributed by atoms with Gasteiger partial charge in [-0.1, -0.05) is 20.3 Å². The summed E-state index contributed by atoms with van der Waals surface area (Å²) in [6, 6.07) is -5.08. The average molecular weight is 526 g/mol.